The van der Waals surface area contributed by atoms with E-state index < -0.39 is 42.8 Å². The third kappa shape index (κ3) is 7.23. The van der Waals surface area contributed by atoms with Crippen LogP contribution in [0.15, 0.2) is 104 Å². The number of amides is 3. The monoisotopic (exact) mass is 689 g/mol. The number of aliphatic hydroxyl groups excluding tert-OH is 3. The van der Waals surface area contributed by atoms with Crippen molar-refractivity contribution in [3.05, 3.63) is 115 Å². The number of carbonyl (C=O) groups is 2. The smallest absolute Gasteiger partial charge is 0.324 e. The Bertz CT molecular complexity index is 2070. The SMILES string of the molecule is O=C(CO)N[C@H]1C[C@@H](n2cnc3c(NCC(c4ccccc4)c4ccccc4)nc(-n4cnc(NC(=O)Nc5cccnc5)c4)nc32)[C@H](O)[C@@H]1O. The molecule has 0 saturated heterocycles. The number of nitrogens with one attached hydrogen (secondary N) is 4. The molecule has 3 amide bonds. The van der Waals surface area contributed by atoms with Gasteiger partial charge in [0.15, 0.2) is 22.8 Å². The zero-order valence-electron chi connectivity index (χ0n) is 27.1. The summed E-state index contributed by atoms with van der Waals surface area (Å²) in [6, 6.07) is 21.5. The molecule has 260 valence electrons. The van der Waals surface area contributed by atoms with Crippen molar-refractivity contribution >= 4 is 40.4 Å². The van der Waals surface area contributed by atoms with Crippen LogP contribution in [-0.4, -0.2) is 92.7 Å². The number of nitrogens with zero attached hydrogens (tertiary/aromatic N) is 7. The van der Waals surface area contributed by atoms with Gasteiger partial charge < -0.3 is 35.8 Å². The summed E-state index contributed by atoms with van der Waals surface area (Å²) in [5.74, 6) is 0.111. The van der Waals surface area contributed by atoms with Gasteiger partial charge in [0.2, 0.25) is 11.9 Å². The highest BCUT2D eigenvalue weighted by Gasteiger charge is 2.44. The van der Waals surface area contributed by atoms with Crippen LogP contribution in [0.3, 0.4) is 0 Å². The highest BCUT2D eigenvalue weighted by Crippen LogP contribution is 2.35. The minimum atomic E-state index is -1.29. The van der Waals surface area contributed by atoms with Crippen molar-refractivity contribution in [2.75, 3.05) is 29.1 Å². The Hall–Kier alpha value is -6.23. The van der Waals surface area contributed by atoms with E-state index in [1.807, 2.05) is 36.4 Å². The third-order valence-corrected chi connectivity index (χ3v) is 8.76. The summed E-state index contributed by atoms with van der Waals surface area (Å²) >= 11 is 0. The predicted molar refractivity (Wildman–Crippen MR) is 187 cm³/mol. The third-order valence-electron chi connectivity index (χ3n) is 8.76. The van der Waals surface area contributed by atoms with Crippen LogP contribution in [0.2, 0.25) is 0 Å². The molecule has 0 radical (unpaired) electrons. The van der Waals surface area contributed by atoms with Crippen LogP contribution >= 0.6 is 0 Å². The Balaban J connectivity index is 1.23. The lowest BCUT2D eigenvalue weighted by molar-refractivity contribution is -0.125. The van der Waals surface area contributed by atoms with Gasteiger partial charge in [0.05, 0.1) is 36.5 Å². The summed E-state index contributed by atoms with van der Waals surface area (Å²) in [5, 5.41) is 42.5. The number of urea groups is 1. The normalized spacial score (nSPS) is 18.5. The number of hydrogen-bond donors (Lipinski definition) is 7. The Labute approximate surface area is 291 Å². The number of imidazole rings is 2. The molecule has 4 atom stereocenters. The van der Waals surface area contributed by atoms with E-state index in [4.69, 9.17) is 9.97 Å². The second-order valence-electron chi connectivity index (χ2n) is 12.1. The van der Waals surface area contributed by atoms with Gasteiger partial charge in [-0.1, -0.05) is 60.7 Å². The first-order valence-corrected chi connectivity index (χ1v) is 16.2. The molecule has 0 spiro atoms. The number of rotatable bonds is 11. The molecular formula is C35H35N11O5. The zero-order chi connectivity index (χ0) is 35.3. The fourth-order valence-electron chi connectivity index (χ4n) is 6.28. The second-order valence-corrected chi connectivity index (χ2v) is 12.1. The molecule has 0 aliphatic heterocycles. The van der Waals surface area contributed by atoms with Gasteiger partial charge in [-0.2, -0.15) is 9.97 Å². The minimum absolute atomic E-state index is 0.0481. The van der Waals surface area contributed by atoms with Crippen molar-refractivity contribution in [3.63, 3.8) is 0 Å². The molecule has 16 nitrogen and oxygen atoms in total. The fraction of sp³-hybridized carbons (Fsp3) is 0.229. The van der Waals surface area contributed by atoms with E-state index >= 15 is 0 Å². The molecule has 0 bridgehead atoms. The number of aliphatic hydroxyl groups is 3. The Morgan fingerprint density at radius 1 is 0.882 bits per heavy atom. The standard InChI is InChI=1S/C35H35N11O5/c47-18-28(48)41-25-14-26(31(50)30(25)49)46-20-39-29-32(37-16-24(21-8-3-1-4-9-21)22-10-5-2-6-11-22)43-34(44-33(29)46)45-17-27(38-19-45)42-35(51)40-23-12-7-13-36-15-23/h1-13,15,17,19-20,24-26,30-31,47,49-50H,14,16,18H2,(H,41,48)(H,37,43,44)(H2,40,42,51)/t25-,26+,30+,31-/m0/s1. The van der Waals surface area contributed by atoms with E-state index in [1.165, 1.54) is 23.4 Å². The van der Waals surface area contributed by atoms with Crippen LogP contribution in [0, 0.1) is 0 Å². The average Bonchev–Trinajstić information content (AvgIpc) is 3.87. The maximum atomic E-state index is 12.6. The molecule has 51 heavy (non-hydrogen) atoms. The number of carbonyl (C=O) groups excluding carboxylic acids is 2. The molecule has 6 aromatic rings. The Kier molecular flexibility index (Phi) is 9.60. The van der Waals surface area contributed by atoms with E-state index in [0.717, 1.165) is 11.1 Å². The van der Waals surface area contributed by atoms with E-state index in [1.54, 1.807) is 29.1 Å². The molecule has 1 saturated carbocycles. The van der Waals surface area contributed by atoms with Crippen LogP contribution in [0.25, 0.3) is 17.1 Å². The summed E-state index contributed by atoms with van der Waals surface area (Å²) in [4.78, 5) is 47.1. The molecule has 7 N–H and O–H groups in total. The lowest BCUT2D eigenvalue weighted by Gasteiger charge is -2.20. The maximum absolute atomic E-state index is 12.6. The molecule has 0 unspecified atom stereocenters. The molecular weight excluding hydrogens is 654 g/mol. The number of benzene rings is 2. The number of hydrogen-bond acceptors (Lipinski definition) is 11. The van der Waals surface area contributed by atoms with Gasteiger partial charge >= 0.3 is 6.03 Å². The van der Waals surface area contributed by atoms with Crippen LogP contribution in [-0.2, 0) is 4.79 Å². The zero-order valence-corrected chi connectivity index (χ0v) is 27.1. The largest absolute Gasteiger partial charge is 0.388 e. The van der Waals surface area contributed by atoms with Gasteiger partial charge in [0.1, 0.15) is 25.1 Å². The summed E-state index contributed by atoms with van der Waals surface area (Å²) in [7, 11) is 0. The average molecular weight is 690 g/mol. The summed E-state index contributed by atoms with van der Waals surface area (Å²) < 4.78 is 3.19. The van der Waals surface area contributed by atoms with Gasteiger partial charge in [-0.15, -0.1) is 0 Å². The Morgan fingerprint density at radius 3 is 2.31 bits per heavy atom. The van der Waals surface area contributed by atoms with Crippen molar-refractivity contribution in [1.82, 2.24) is 39.4 Å². The van der Waals surface area contributed by atoms with Crippen LogP contribution < -0.4 is 21.3 Å². The van der Waals surface area contributed by atoms with Crippen LogP contribution in [0.4, 0.5) is 22.1 Å². The molecule has 2 aromatic carbocycles. The quantitative estimate of drug-likeness (QED) is 0.105. The van der Waals surface area contributed by atoms with Crippen molar-refractivity contribution in [3.8, 4) is 5.95 Å². The number of fused-ring (bicyclic) bond motifs is 1. The molecule has 1 aliphatic carbocycles. The first kappa shape index (κ1) is 33.3. The number of anilines is 3. The summed E-state index contributed by atoms with van der Waals surface area (Å²) in [5.41, 5.74) is 3.47. The van der Waals surface area contributed by atoms with E-state index in [0.29, 0.717) is 29.2 Å². The highest BCUT2D eigenvalue weighted by atomic mass is 16.3. The van der Waals surface area contributed by atoms with Gasteiger partial charge in [0, 0.05) is 18.7 Å². The lowest BCUT2D eigenvalue weighted by atomic mass is 9.91. The summed E-state index contributed by atoms with van der Waals surface area (Å²) in [6.45, 7) is -0.304. The molecule has 1 aliphatic rings. The van der Waals surface area contributed by atoms with Crippen molar-refractivity contribution in [2.45, 2.75) is 36.6 Å². The highest BCUT2D eigenvalue weighted by molar-refractivity contribution is 5.99. The molecule has 7 rings (SSSR count). The van der Waals surface area contributed by atoms with E-state index in [9.17, 15) is 24.9 Å². The van der Waals surface area contributed by atoms with Crippen LogP contribution in [0.1, 0.15) is 29.5 Å². The van der Waals surface area contributed by atoms with Gasteiger partial charge in [-0.05, 0) is 29.7 Å². The molecule has 4 aromatic heterocycles. The van der Waals surface area contributed by atoms with Crippen molar-refractivity contribution in [2.24, 2.45) is 0 Å². The molecule has 16 heteroatoms. The number of aromatic nitrogens is 7. The van der Waals surface area contributed by atoms with Gasteiger partial charge in [-0.25, -0.2) is 14.8 Å². The van der Waals surface area contributed by atoms with Crippen LogP contribution in [0.5, 0.6) is 0 Å². The summed E-state index contributed by atoms with van der Waals surface area (Å²) in [6.07, 6.45) is 5.22. The second kappa shape index (κ2) is 14.7. The first-order chi connectivity index (χ1) is 24.9. The van der Waals surface area contributed by atoms with Crippen molar-refractivity contribution < 1.29 is 24.9 Å². The van der Waals surface area contributed by atoms with E-state index in [2.05, 4.69) is 60.5 Å². The molecule has 1 fully saturated rings. The minimum Gasteiger partial charge on any atom is -0.388 e. The first-order valence-electron chi connectivity index (χ1n) is 16.2. The topological polar surface area (TPSA) is 217 Å². The molecule has 4 heterocycles. The number of pyridine rings is 1. The fourth-order valence-corrected chi connectivity index (χ4v) is 6.28. The van der Waals surface area contributed by atoms with Gasteiger partial charge in [0.25, 0.3) is 0 Å². The lowest BCUT2D eigenvalue weighted by Crippen LogP contribution is -2.44. The van der Waals surface area contributed by atoms with E-state index in [-0.39, 0.29) is 24.1 Å². The maximum Gasteiger partial charge on any atom is 0.324 e. The van der Waals surface area contributed by atoms with Gasteiger partial charge in [-0.3, -0.25) is 19.7 Å². The van der Waals surface area contributed by atoms with Crippen molar-refractivity contribution in [1.29, 1.82) is 0 Å². The Morgan fingerprint density at radius 2 is 1.63 bits per heavy atom. The predicted octanol–water partition coefficient (Wildman–Crippen LogP) is 2.44.